The average molecular weight is 394 g/mol. The van der Waals surface area contributed by atoms with Gasteiger partial charge in [0.05, 0.1) is 11.4 Å². The molecular weight excluding hydrogens is 362 g/mol. The lowest BCUT2D eigenvalue weighted by molar-refractivity contribution is -0.131. The molecule has 0 radical (unpaired) electrons. The predicted molar refractivity (Wildman–Crippen MR) is 106 cm³/mol. The molecule has 7 heteroatoms. The number of carbonyl (C=O) groups is 1. The van der Waals surface area contributed by atoms with Gasteiger partial charge in [0.25, 0.3) is 0 Å². The molecule has 1 heterocycles. The van der Waals surface area contributed by atoms with Gasteiger partial charge in [-0.1, -0.05) is 37.5 Å². The van der Waals surface area contributed by atoms with Crippen molar-refractivity contribution < 1.29 is 13.2 Å². The number of benzene rings is 1. The van der Waals surface area contributed by atoms with Crippen LogP contribution in [0.1, 0.15) is 38.2 Å². The van der Waals surface area contributed by atoms with Crippen molar-refractivity contribution in [2.24, 2.45) is 5.92 Å². The summed E-state index contributed by atoms with van der Waals surface area (Å²) in [6.07, 6.45) is 4.87. The van der Waals surface area contributed by atoms with E-state index >= 15 is 0 Å². The van der Waals surface area contributed by atoms with Crippen LogP contribution in [0, 0.1) is 12.8 Å². The second kappa shape index (κ2) is 8.71. The molecule has 2 aliphatic rings. The molecule has 6 nitrogen and oxygen atoms in total. The van der Waals surface area contributed by atoms with Gasteiger partial charge in [0.2, 0.25) is 15.9 Å². The summed E-state index contributed by atoms with van der Waals surface area (Å²) in [6, 6.07) is 7.34. The molecule has 1 aromatic rings. The Morgan fingerprint density at radius 2 is 1.70 bits per heavy atom. The van der Waals surface area contributed by atoms with Crippen molar-refractivity contribution in [2.45, 2.75) is 50.5 Å². The number of sulfonamides is 1. The maximum Gasteiger partial charge on any atom is 0.243 e. The van der Waals surface area contributed by atoms with Crippen LogP contribution < -0.4 is 5.32 Å². The van der Waals surface area contributed by atoms with Gasteiger partial charge in [0, 0.05) is 32.2 Å². The molecule has 1 aliphatic heterocycles. The highest BCUT2D eigenvalue weighted by molar-refractivity contribution is 7.89. The van der Waals surface area contributed by atoms with Gasteiger partial charge in [-0.05, 0) is 37.8 Å². The minimum Gasteiger partial charge on any atom is -0.339 e. The molecule has 1 amide bonds. The molecule has 0 bridgehead atoms. The fourth-order valence-electron chi connectivity index (χ4n) is 3.99. The molecule has 0 unspecified atom stereocenters. The Hall–Kier alpha value is -1.44. The zero-order valence-electron chi connectivity index (χ0n) is 16.4. The fourth-order valence-corrected chi connectivity index (χ4v) is 5.41. The van der Waals surface area contributed by atoms with Crippen LogP contribution in [0.4, 0.5) is 0 Å². The minimum atomic E-state index is -3.48. The Kier molecular flexibility index (Phi) is 6.55. The predicted octanol–water partition coefficient (Wildman–Crippen LogP) is 2.00. The van der Waals surface area contributed by atoms with E-state index in [1.54, 1.807) is 17.0 Å². The summed E-state index contributed by atoms with van der Waals surface area (Å²) in [6.45, 7) is 6.12. The van der Waals surface area contributed by atoms with E-state index in [0.717, 1.165) is 12.0 Å². The molecule has 1 saturated heterocycles. The van der Waals surface area contributed by atoms with E-state index in [1.165, 1.54) is 23.6 Å². The number of nitrogens with zero attached hydrogens (tertiary/aromatic N) is 2. The third-order valence-corrected chi connectivity index (χ3v) is 7.79. The first-order chi connectivity index (χ1) is 12.9. The molecule has 27 heavy (non-hydrogen) atoms. The number of nitrogens with one attached hydrogen (secondary N) is 1. The van der Waals surface area contributed by atoms with Crippen molar-refractivity contribution in [2.75, 3.05) is 32.7 Å². The number of hydrogen-bond acceptors (Lipinski definition) is 4. The molecule has 1 aliphatic carbocycles. The Morgan fingerprint density at radius 1 is 1.07 bits per heavy atom. The molecule has 0 spiro atoms. The zero-order valence-corrected chi connectivity index (χ0v) is 17.2. The summed E-state index contributed by atoms with van der Waals surface area (Å²) in [5.74, 6) is 0.684. The van der Waals surface area contributed by atoms with E-state index < -0.39 is 10.0 Å². The van der Waals surface area contributed by atoms with Crippen molar-refractivity contribution in [3.05, 3.63) is 29.8 Å². The quantitative estimate of drug-likeness (QED) is 0.831. The van der Waals surface area contributed by atoms with Crippen LogP contribution in [0.3, 0.4) is 0 Å². The van der Waals surface area contributed by atoms with Crippen LogP contribution in [-0.4, -0.2) is 62.3 Å². The van der Waals surface area contributed by atoms with Crippen LogP contribution in [-0.2, 0) is 14.8 Å². The van der Waals surface area contributed by atoms with Gasteiger partial charge < -0.3 is 10.2 Å². The number of carbonyl (C=O) groups excluding carboxylic acids is 1. The molecule has 1 saturated carbocycles. The van der Waals surface area contributed by atoms with Gasteiger partial charge in [0.15, 0.2) is 0 Å². The van der Waals surface area contributed by atoms with Gasteiger partial charge in [-0.3, -0.25) is 4.79 Å². The smallest absolute Gasteiger partial charge is 0.243 e. The second-order valence-electron chi connectivity index (χ2n) is 7.85. The van der Waals surface area contributed by atoms with Crippen LogP contribution in [0.15, 0.2) is 29.2 Å². The third-order valence-electron chi connectivity index (χ3n) is 5.88. The van der Waals surface area contributed by atoms with Crippen LogP contribution in [0.25, 0.3) is 0 Å². The Bertz CT molecular complexity index is 740. The van der Waals surface area contributed by atoms with E-state index in [2.05, 4.69) is 12.2 Å². The molecule has 1 aromatic carbocycles. The van der Waals surface area contributed by atoms with Gasteiger partial charge in [0.1, 0.15) is 0 Å². The summed E-state index contributed by atoms with van der Waals surface area (Å²) in [7, 11) is -3.48. The van der Waals surface area contributed by atoms with Crippen LogP contribution in [0.5, 0.6) is 0 Å². The minimum absolute atomic E-state index is 0.0696. The number of aryl methyl sites for hydroxylation is 1. The van der Waals surface area contributed by atoms with Crippen molar-refractivity contribution in [1.82, 2.24) is 14.5 Å². The first-order valence-electron chi connectivity index (χ1n) is 9.96. The van der Waals surface area contributed by atoms with Gasteiger partial charge in [-0.15, -0.1) is 0 Å². The van der Waals surface area contributed by atoms with Gasteiger partial charge >= 0.3 is 0 Å². The lowest BCUT2D eigenvalue weighted by Gasteiger charge is -2.35. The summed E-state index contributed by atoms with van der Waals surface area (Å²) < 4.78 is 27.0. The Balaban J connectivity index is 1.50. The van der Waals surface area contributed by atoms with Crippen molar-refractivity contribution >= 4 is 15.9 Å². The van der Waals surface area contributed by atoms with Crippen LogP contribution >= 0.6 is 0 Å². The molecule has 0 aromatic heterocycles. The third kappa shape index (κ3) is 4.89. The Morgan fingerprint density at radius 3 is 2.33 bits per heavy atom. The molecular formula is C20H31N3O3S. The maximum absolute atomic E-state index is 12.8. The highest BCUT2D eigenvalue weighted by Crippen LogP contribution is 2.23. The summed E-state index contributed by atoms with van der Waals surface area (Å²) >= 11 is 0. The normalized spacial score (nSPS) is 24.7. The van der Waals surface area contributed by atoms with Gasteiger partial charge in [-0.25, -0.2) is 8.42 Å². The molecule has 2 fully saturated rings. The van der Waals surface area contributed by atoms with Crippen molar-refractivity contribution in [3.8, 4) is 0 Å². The van der Waals surface area contributed by atoms with E-state index in [4.69, 9.17) is 0 Å². The molecule has 2 atom stereocenters. The lowest BCUT2D eigenvalue weighted by atomic mass is 9.86. The summed E-state index contributed by atoms with van der Waals surface area (Å²) in [4.78, 5) is 14.6. The number of hydrogen-bond donors (Lipinski definition) is 1. The van der Waals surface area contributed by atoms with Crippen molar-refractivity contribution in [1.29, 1.82) is 0 Å². The van der Waals surface area contributed by atoms with E-state index in [-0.39, 0.29) is 5.91 Å². The molecule has 3 rings (SSSR count). The van der Waals surface area contributed by atoms with Crippen molar-refractivity contribution in [3.63, 3.8) is 0 Å². The first kappa shape index (κ1) is 20.3. The van der Waals surface area contributed by atoms with Gasteiger partial charge in [-0.2, -0.15) is 4.31 Å². The summed E-state index contributed by atoms with van der Waals surface area (Å²) in [5.41, 5.74) is 1.03. The monoisotopic (exact) mass is 393 g/mol. The van der Waals surface area contributed by atoms with Crippen LogP contribution in [0.2, 0.25) is 0 Å². The number of piperazine rings is 1. The topological polar surface area (TPSA) is 69.7 Å². The standard InChI is InChI=1S/C20H31N3O3S/c1-16-7-9-18(10-8-16)27(25,26)23-13-11-22(12-14-23)20(24)15-21-19-6-4-3-5-17(19)2/h7-10,17,19,21H,3-6,11-15H2,1-2H3/t17-,19+/m0/s1. The maximum atomic E-state index is 12.8. The number of amides is 1. The highest BCUT2D eigenvalue weighted by atomic mass is 32.2. The second-order valence-corrected chi connectivity index (χ2v) is 9.78. The first-order valence-corrected chi connectivity index (χ1v) is 11.4. The van der Waals surface area contributed by atoms with E-state index in [9.17, 15) is 13.2 Å². The molecule has 150 valence electrons. The van der Waals surface area contributed by atoms with E-state index in [0.29, 0.717) is 49.6 Å². The Labute approximate surface area is 163 Å². The largest absolute Gasteiger partial charge is 0.339 e. The molecule has 1 N–H and O–H groups in total. The number of rotatable bonds is 5. The SMILES string of the molecule is Cc1ccc(S(=O)(=O)N2CCN(C(=O)CN[C@@H]3CCCC[C@@H]3C)CC2)cc1. The van der Waals surface area contributed by atoms with E-state index in [1.807, 2.05) is 19.1 Å². The average Bonchev–Trinajstić information content (AvgIpc) is 2.67. The summed E-state index contributed by atoms with van der Waals surface area (Å²) in [5, 5.41) is 3.42. The zero-order chi connectivity index (χ0) is 19.4. The highest BCUT2D eigenvalue weighted by Gasteiger charge is 2.30. The fraction of sp³-hybridized carbons (Fsp3) is 0.650. The lowest BCUT2D eigenvalue weighted by Crippen LogP contribution is -2.53.